The van der Waals surface area contributed by atoms with Crippen molar-refractivity contribution >= 4 is 17.7 Å². The molecule has 0 radical (unpaired) electrons. The summed E-state index contributed by atoms with van der Waals surface area (Å²) in [5, 5.41) is 15.3. The zero-order chi connectivity index (χ0) is 18.2. The fourth-order valence-corrected chi connectivity index (χ4v) is 3.25. The van der Waals surface area contributed by atoms with Gasteiger partial charge in [0.15, 0.2) is 0 Å². The molecule has 3 rings (SSSR count). The second-order valence-corrected chi connectivity index (χ2v) is 6.93. The average molecular weight is 367 g/mol. The van der Waals surface area contributed by atoms with Gasteiger partial charge in [0.1, 0.15) is 0 Å². The number of nitrogens with zero attached hydrogens (tertiary/aromatic N) is 4. The number of carbonyl (C=O) groups is 1. The molecule has 3 aromatic rings. The average Bonchev–Trinajstić information content (AvgIpc) is 3.15. The number of rotatable bonds is 8. The van der Waals surface area contributed by atoms with Crippen LogP contribution in [-0.4, -0.2) is 37.9 Å². The maximum absolute atomic E-state index is 12.2. The molecule has 134 valence electrons. The Hall–Kier alpha value is -2.67. The number of hydrogen-bond donors (Lipinski definition) is 1. The lowest BCUT2D eigenvalue weighted by Gasteiger charge is -2.13. The molecule has 26 heavy (non-hydrogen) atoms. The van der Waals surface area contributed by atoms with E-state index in [4.69, 9.17) is 0 Å². The van der Waals surface area contributed by atoms with Crippen molar-refractivity contribution in [2.24, 2.45) is 0 Å². The summed E-state index contributed by atoms with van der Waals surface area (Å²) in [5.74, 6) is 0.265. The maximum Gasteiger partial charge on any atom is 0.230 e. The Bertz CT molecular complexity index is 822. The SMILES string of the molecule is C[C@@H](CCc1ccccc1)NC(=O)CSc1nnnn1-c1ccccc1. The van der Waals surface area contributed by atoms with E-state index in [1.807, 2.05) is 55.5 Å². The largest absolute Gasteiger partial charge is 0.353 e. The van der Waals surface area contributed by atoms with Gasteiger partial charge in [0.2, 0.25) is 11.1 Å². The Kier molecular flexibility index (Phi) is 6.38. The number of hydrogen-bond acceptors (Lipinski definition) is 5. The molecule has 1 atom stereocenters. The predicted molar refractivity (Wildman–Crippen MR) is 102 cm³/mol. The molecule has 0 bridgehead atoms. The number of para-hydroxylation sites is 1. The van der Waals surface area contributed by atoms with Gasteiger partial charge in [0.05, 0.1) is 11.4 Å². The number of thioether (sulfide) groups is 1. The third-order valence-corrected chi connectivity index (χ3v) is 4.81. The molecule has 1 aromatic heterocycles. The van der Waals surface area contributed by atoms with Crippen molar-refractivity contribution in [3.05, 3.63) is 66.2 Å². The summed E-state index contributed by atoms with van der Waals surface area (Å²) in [7, 11) is 0. The van der Waals surface area contributed by atoms with E-state index < -0.39 is 0 Å². The fourth-order valence-electron chi connectivity index (χ4n) is 2.55. The number of aryl methyl sites for hydroxylation is 1. The van der Waals surface area contributed by atoms with Crippen molar-refractivity contribution in [1.82, 2.24) is 25.5 Å². The first kappa shape index (κ1) is 18.1. The summed E-state index contributed by atoms with van der Waals surface area (Å²) < 4.78 is 1.64. The molecule has 1 heterocycles. The van der Waals surface area contributed by atoms with Crippen molar-refractivity contribution < 1.29 is 4.79 Å². The van der Waals surface area contributed by atoms with Gasteiger partial charge in [-0.05, 0) is 47.9 Å². The van der Waals surface area contributed by atoms with Crippen LogP contribution in [0.15, 0.2) is 65.8 Å². The van der Waals surface area contributed by atoms with Gasteiger partial charge in [0.25, 0.3) is 0 Å². The van der Waals surface area contributed by atoms with Gasteiger partial charge < -0.3 is 5.32 Å². The Morgan fingerprint density at radius 3 is 2.54 bits per heavy atom. The summed E-state index contributed by atoms with van der Waals surface area (Å²) in [4.78, 5) is 12.2. The highest BCUT2D eigenvalue weighted by Gasteiger charge is 2.13. The molecule has 7 heteroatoms. The highest BCUT2D eigenvalue weighted by atomic mass is 32.2. The molecule has 1 amide bonds. The highest BCUT2D eigenvalue weighted by Crippen LogP contribution is 2.17. The first-order valence-electron chi connectivity index (χ1n) is 8.52. The summed E-state index contributed by atoms with van der Waals surface area (Å²) in [6.07, 6.45) is 1.85. The van der Waals surface area contributed by atoms with E-state index in [-0.39, 0.29) is 17.7 Å². The minimum atomic E-state index is -0.0156. The van der Waals surface area contributed by atoms with E-state index in [1.165, 1.54) is 17.3 Å². The van der Waals surface area contributed by atoms with Crippen LogP contribution in [0.3, 0.4) is 0 Å². The number of aromatic nitrogens is 4. The van der Waals surface area contributed by atoms with Gasteiger partial charge >= 0.3 is 0 Å². The standard InChI is InChI=1S/C19H21N5OS/c1-15(12-13-16-8-4-2-5-9-16)20-18(25)14-26-19-21-22-23-24(19)17-10-6-3-7-11-17/h2-11,15H,12-14H2,1H3,(H,20,25)/t15-/m0/s1. The zero-order valence-electron chi connectivity index (χ0n) is 14.6. The van der Waals surface area contributed by atoms with E-state index in [9.17, 15) is 4.79 Å². The summed E-state index contributed by atoms with van der Waals surface area (Å²) in [5.41, 5.74) is 2.15. The van der Waals surface area contributed by atoms with Crippen LogP contribution in [0.5, 0.6) is 0 Å². The molecule has 2 aromatic carbocycles. The van der Waals surface area contributed by atoms with Crippen LogP contribution < -0.4 is 5.32 Å². The van der Waals surface area contributed by atoms with E-state index in [0.29, 0.717) is 5.16 Å². The Morgan fingerprint density at radius 1 is 1.12 bits per heavy atom. The molecule has 0 saturated carbocycles. The predicted octanol–water partition coefficient (Wildman–Crippen LogP) is 2.89. The van der Waals surface area contributed by atoms with Gasteiger partial charge in [-0.15, -0.1) is 5.10 Å². The topological polar surface area (TPSA) is 72.7 Å². The van der Waals surface area contributed by atoms with Crippen molar-refractivity contribution in [1.29, 1.82) is 0 Å². The molecule has 6 nitrogen and oxygen atoms in total. The second kappa shape index (κ2) is 9.15. The first-order chi connectivity index (χ1) is 12.7. The maximum atomic E-state index is 12.2. The third-order valence-electron chi connectivity index (χ3n) is 3.89. The van der Waals surface area contributed by atoms with E-state index >= 15 is 0 Å². The first-order valence-corrected chi connectivity index (χ1v) is 9.51. The van der Waals surface area contributed by atoms with Crippen LogP contribution >= 0.6 is 11.8 Å². The van der Waals surface area contributed by atoms with Crippen LogP contribution in [0.1, 0.15) is 18.9 Å². The van der Waals surface area contributed by atoms with Crippen LogP contribution in [0.4, 0.5) is 0 Å². The van der Waals surface area contributed by atoms with Crippen molar-refractivity contribution in [2.75, 3.05) is 5.75 Å². The number of tetrazole rings is 1. The van der Waals surface area contributed by atoms with Crippen LogP contribution in [-0.2, 0) is 11.2 Å². The molecule has 0 aliphatic carbocycles. The van der Waals surface area contributed by atoms with Crippen LogP contribution in [0, 0.1) is 0 Å². The number of benzene rings is 2. The van der Waals surface area contributed by atoms with Gasteiger partial charge in [-0.1, -0.05) is 60.3 Å². The molecule has 0 aliphatic rings. The normalized spacial score (nSPS) is 11.9. The minimum Gasteiger partial charge on any atom is -0.353 e. The molecular weight excluding hydrogens is 346 g/mol. The van der Waals surface area contributed by atoms with Crippen LogP contribution in [0.2, 0.25) is 0 Å². The molecular formula is C19H21N5OS. The lowest BCUT2D eigenvalue weighted by molar-refractivity contribution is -0.119. The Morgan fingerprint density at radius 2 is 1.81 bits per heavy atom. The Balaban J connectivity index is 1.47. The molecule has 0 aliphatic heterocycles. The van der Waals surface area contributed by atoms with E-state index in [1.54, 1.807) is 4.68 Å². The molecule has 0 unspecified atom stereocenters. The van der Waals surface area contributed by atoms with Gasteiger partial charge in [-0.3, -0.25) is 4.79 Å². The highest BCUT2D eigenvalue weighted by molar-refractivity contribution is 7.99. The lowest BCUT2D eigenvalue weighted by atomic mass is 10.1. The molecule has 0 spiro atoms. The van der Waals surface area contributed by atoms with Crippen LogP contribution in [0.25, 0.3) is 5.69 Å². The summed E-state index contributed by atoms with van der Waals surface area (Å²) >= 11 is 1.33. The van der Waals surface area contributed by atoms with Gasteiger partial charge in [0, 0.05) is 6.04 Å². The molecule has 1 N–H and O–H groups in total. The van der Waals surface area contributed by atoms with Gasteiger partial charge in [-0.25, -0.2) is 0 Å². The van der Waals surface area contributed by atoms with Crippen molar-refractivity contribution in [3.63, 3.8) is 0 Å². The third kappa shape index (κ3) is 5.16. The monoisotopic (exact) mass is 367 g/mol. The second-order valence-electron chi connectivity index (χ2n) is 5.99. The molecule has 0 fully saturated rings. The minimum absolute atomic E-state index is 0.0156. The van der Waals surface area contributed by atoms with Gasteiger partial charge in [-0.2, -0.15) is 4.68 Å². The quantitative estimate of drug-likeness (QED) is 0.620. The molecule has 0 saturated heterocycles. The number of nitrogens with one attached hydrogen (secondary N) is 1. The van der Waals surface area contributed by atoms with E-state index in [0.717, 1.165) is 18.5 Å². The number of carbonyl (C=O) groups excluding carboxylic acids is 1. The number of amides is 1. The Labute approximate surface area is 157 Å². The fraction of sp³-hybridized carbons (Fsp3) is 0.263. The zero-order valence-corrected chi connectivity index (χ0v) is 15.4. The van der Waals surface area contributed by atoms with E-state index in [2.05, 4.69) is 33.0 Å². The summed E-state index contributed by atoms with van der Waals surface area (Å²) in [6.45, 7) is 2.03. The smallest absolute Gasteiger partial charge is 0.230 e. The van der Waals surface area contributed by atoms with Crippen molar-refractivity contribution in [2.45, 2.75) is 31.0 Å². The lowest BCUT2D eigenvalue weighted by Crippen LogP contribution is -2.34. The summed E-state index contributed by atoms with van der Waals surface area (Å²) in [6, 6.07) is 20.0. The van der Waals surface area contributed by atoms with Crippen molar-refractivity contribution in [3.8, 4) is 5.69 Å².